The zero-order valence-corrected chi connectivity index (χ0v) is 13.7. The molecule has 1 fully saturated rings. The van der Waals surface area contributed by atoms with Gasteiger partial charge in [-0.3, -0.25) is 9.59 Å². The lowest BCUT2D eigenvalue weighted by molar-refractivity contribution is -0.137. The third-order valence-electron chi connectivity index (χ3n) is 4.39. The van der Waals surface area contributed by atoms with Gasteiger partial charge >= 0.3 is 0 Å². The van der Waals surface area contributed by atoms with Gasteiger partial charge in [0.05, 0.1) is 6.61 Å². The van der Waals surface area contributed by atoms with Crippen LogP contribution in [0.15, 0.2) is 30.3 Å². The first-order valence-electron chi connectivity index (χ1n) is 8.24. The molecule has 2 amide bonds. The predicted molar refractivity (Wildman–Crippen MR) is 88.7 cm³/mol. The minimum atomic E-state index is -1.03. The van der Waals surface area contributed by atoms with E-state index in [1.807, 2.05) is 18.2 Å². The molecule has 1 heterocycles. The van der Waals surface area contributed by atoms with E-state index >= 15 is 0 Å². The Bertz CT molecular complexity index is 524. The Kier molecular flexibility index (Phi) is 6.16. The monoisotopic (exact) mass is 318 g/mol. The van der Waals surface area contributed by atoms with Crippen LogP contribution in [0.25, 0.3) is 0 Å². The molecule has 1 aromatic rings. The highest BCUT2D eigenvalue weighted by atomic mass is 16.5. The summed E-state index contributed by atoms with van der Waals surface area (Å²) in [4.78, 5) is 24.0. The van der Waals surface area contributed by atoms with Gasteiger partial charge in [-0.25, -0.2) is 0 Å². The van der Waals surface area contributed by atoms with Crippen molar-refractivity contribution in [1.82, 2.24) is 5.32 Å². The summed E-state index contributed by atoms with van der Waals surface area (Å²) in [5, 5.41) is 2.82. The molecule has 5 heteroatoms. The molecule has 1 saturated heterocycles. The molecule has 0 aliphatic carbocycles. The fourth-order valence-electron chi connectivity index (χ4n) is 2.94. The van der Waals surface area contributed by atoms with Crippen LogP contribution in [0, 0.1) is 5.92 Å². The molecule has 1 aliphatic heterocycles. The zero-order valence-electron chi connectivity index (χ0n) is 13.7. The number of nitrogens with one attached hydrogen (secondary N) is 1. The maximum absolute atomic E-state index is 12.3. The van der Waals surface area contributed by atoms with Gasteiger partial charge in [0.2, 0.25) is 11.8 Å². The summed E-state index contributed by atoms with van der Waals surface area (Å²) in [5.74, 6) is -0.401. The van der Waals surface area contributed by atoms with Crippen LogP contribution in [-0.2, 0) is 20.7 Å². The quantitative estimate of drug-likeness (QED) is 0.804. The molecular weight excluding hydrogens is 292 g/mol. The smallest absolute Gasteiger partial charge is 0.245 e. The van der Waals surface area contributed by atoms with E-state index in [4.69, 9.17) is 10.5 Å². The van der Waals surface area contributed by atoms with Gasteiger partial charge in [-0.1, -0.05) is 37.3 Å². The van der Waals surface area contributed by atoms with Gasteiger partial charge in [-0.05, 0) is 37.2 Å². The SMILES string of the molecule is C[C@@H](CCc1ccccc1)CC(=O)N[C@]1(C(N)=O)CCCOC1. The Balaban J connectivity index is 1.82. The molecule has 2 rings (SSSR count). The van der Waals surface area contributed by atoms with Crippen molar-refractivity contribution in [3.63, 3.8) is 0 Å². The average Bonchev–Trinajstić information content (AvgIpc) is 2.54. The average molecular weight is 318 g/mol. The highest BCUT2D eigenvalue weighted by molar-refractivity contribution is 5.90. The lowest BCUT2D eigenvalue weighted by Crippen LogP contribution is -2.62. The largest absolute Gasteiger partial charge is 0.378 e. The van der Waals surface area contributed by atoms with E-state index < -0.39 is 11.4 Å². The normalized spacial score (nSPS) is 22.3. The van der Waals surface area contributed by atoms with Crippen LogP contribution in [-0.4, -0.2) is 30.6 Å². The number of rotatable bonds is 7. The molecular formula is C18H26N2O3. The van der Waals surface area contributed by atoms with Crippen molar-refractivity contribution in [2.75, 3.05) is 13.2 Å². The number of aryl methyl sites for hydroxylation is 1. The maximum atomic E-state index is 12.3. The number of carbonyl (C=O) groups excluding carboxylic acids is 2. The van der Waals surface area contributed by atoms with Crippen LogP contribution >= 0.6 is 0 Å². The molecule has 0 radical (unpaired) electrons. The van der Waals surface area contributed by atoms with E-state index in [1.54, 1.807) is 0 Å². The van der Waals surface area contributed by atoms with Crippen LogP contribution in [0.5, 0.6) is 0 Å². The predicted octanol–water partition coefficient (Wildman–Crippen LogP) is 1.80. The van der Waals surface area contributed by atoms with Crippen molar-refractivity contribution in [2.45, 2.75) is 44.6 Å². The van der Waals surface area contributed by atoms with E-state index in [9.17, 15) is 9.59 Å². The third-order valence-corrected chi connectivity index (χ3v) is 4.39. The number of hydrogen-bond donors (Lipinski definition) is 2. The molecule has 23 heavy (non-hydrogen) atoms. The number of benzene rings is 1. The molecule has 0 aromatic heterocycles. The molecule has 5 nitrogen and oxygen atoms in total. The van der Waals surface area contributed by atoms with Crippen LogP contribution < -0.4 is 11.1 Å². The molecule has 0 saturated carbocycles. The Morgan fingerprint density at radius 1 is 1.35 bits per heavy atom. The van der Waals surface area contributed by atoms with E-state index in [0.29, 0.717) is 19.4 Å². The summed E-state index contributed by atoms with van der Waals surface area (Å²) in [6, 6.07) is 10.2. The molecule has 0 bridgehead atoms. The third kappa shape index (κ3) is 5.06. The highest BCUT2D eigenvalue weighted by Gasteiger charge is 2.40. The van der Waals surface area contributed by atoms with Gasteiger partial charge in [-0.15, -0.1) is 0 Å². The van der Waals surface area contributed by atoms with Crippen molar-refractivity contribution < 1.29 is 14.3 Å². The summed E-state index contributed by atoms with van der Waals surface area (Å²) in [6.07, 6.45) is 3.54. The molecule has 0 spiro atoms. The van der Waals surface area contributed by atoms with E-state index in [2.05, 4.69) is 24.4 Å². The second-order valence-corrected chi connectivity index (χ2v) is 6.48. The van der Waals surface area contributed by atoms with Crippen LogP contribution in [0.4, 0.5) is 0 Å². The molecule has 0 unspecified atom stereocenters. The first kappa shape index (κ1) is 17.5. The maximum Gasteiger partial charge on any atom is 0.245 e. The first-order valence-corrected chi connectivity index (χ1v) is 8.24. The van der Waals surface area contributed by atoms with Gasteiger partial charge in [0, 0.05) is 13.0 Å². The number of nitrogens with two attached hydrogens (primary N) is 1. The molecule has 3 N–H and O–H groups in total. The zero-order chi connectivity index (χ0) is 16.7. The molecule has 126 valence electrons. The van der Waals surface area contributed by atoms with Crippen molar-refractivity contribution >= 4 is 11.8 Å². The first-order chi connectivity index (χ1) is 11.0. The topological polar surface area (TPSA) is 81.4 Å². The summed E-state index contributed by atoms with van der Waals surface area (Å²) in [7, 11) is 0. The van der Waals surface area contributed by atoms with Crippen LogP contribution in [0.3, 0.4) is 0 Å². The second-order valence-electron chi connectivity index (χ2n) is 6.48. The fraction of sp³-hybridized carbons (Fsp3) is 0.556. The van der Waals surface area contributed by atoms with Gasteiger partial charge in [0.1, 0.15) is 5.54 Å². The lowest BCUT2D eigenvalue weighted by atomic mass is 9.90. The van der Waals surface area contributed by atoms with Crippen molar-refractivity contribution in [2.24, 2.45) is 11.7 Å². The summed E-state index contributed by atoms with van der Waals surface area (Å²) >= 11 is 0. The Hall–Kier alpha value is -1.88. The standard InChI is InChI=1S/C18H26N2O3/c1-14(8-9-15-6-3-2-4-7-15)12-16(21)20-18(17(19)22)10-5-11-23-13-18/h2-4,6-7,14H,5,8-13H2,1H3,(H2,19,22)(H,20,21)/t14-,18+/m0/s1. The van der Waals surface area contributed by atoms with Gasteiger partial charge in [-0.2, -0.15) is 0 Å². The molecule has 1 aliphatic rings. The summed E-state index contributed by atoms with van der Waals surface area (Å²) < 4.78 is 5.34. The Labute approximate surface area is 137 Å². The summed E-state index contributed by atoms with van der Waals surface area (Å²) in [6.45, 7) is 2.83. The molecule has 1 aromatic carbocycles. The van der Waals surface area contributed by atoms with Crippen molar-refractivity contribution in [3.8, 4) is 0 Å². The van der Waals surface area contributed by atoms with E-state index in [1.165, 1.54) is 5.56 Å². The fourth-order valence-corrected chi connectivity index (χ4v) is 2.94. The Morgan fingerprint density at radius 2 is 2.09 bits per heavy atom. The number of primary amides is 1. The number of amides is 2. The van der Waals surface area contributed by atoms with E-state index in [-0.39, 0.29) is 18.4 Å². The van der Waals surface area contributed by atoms with E-state index in [0.717, 1.165) is 19.3 Å². The van der Waals surface area contributed by atoms with Crippen molar-refractivity contribution in [3.05, 3.63) is 35.9 Å². The van der Waals surface area contributed by atoms with Gasteiger partial charge in [0.25, 0.3) is 0 Å². The van der Waals surface area contributed by atoms with Gasteiger partial charge < -0.3 is 15.8 Å². The number of ether oxygens (including phenoxy) is 1. The minimum absolute atomic E-state index is 0.130. The van der Waals surface area contributed by atoms with Crippen LogP contribution in [0.2, 0.25) is 0 Å². The van der Waals surface area contributed by atoms with Crippen LogP contribution in [0.1, 0.15) is 38.2 Å². The second kappa shape index (κ2) is 8.11. The van der Waals surface area contributed by atoms with Crippen molar-refractivity contribution in [1.29, 1.82) is 0 Å². The summed E-state index contributed by atoms with van der Waals surface area (Å²) in [5.41, 5.74) is 5.72. The Morgan fingerprint density at radius 3 is 2.70 bits per heavy atom. The number of carbonyl (C=O) groups is 2. The molecule has 2 atom stereocenters. The number of hydrogen-bond acceptors (Lipinski definition) is 3. The minimum Gasteiger partial charge on any atom is -0.378 e. The van der Waals surface area contributed by atoms with Gasteiger partial charge in [0.15, 0.2) is 0 Å². The highest BCUT2D eigenvalue weighted by Crippen LogP contribution is 2.20. The lowest BCUT2D eigenvalue weighted by Gasteiger charge is -2.35.